The van der Waals surface area contributed by atoms with Gasteiger partial charge in [-0.1, -0.05) is 17.7 Å². The lowest BCUT2D eigenvalue weighted by Crippen LogP contribution is -2.58. The minimum absolute atomic E-state index is 0.00467. The molecule has 3 N–H and O–H groups in total. The van der Waals surface area contributed by atoms with Crippen LogP contribution in [-0.2, 0) is 11.3 Å². The van der Waals surface area contributed by atoms with Gasteiger partial charge in [0.25, 0.3) is 23.3 Å². The number of nitrogens with one attached hydrogen (secondary N) is 3. The van der Waals surface area contributed by atoms with Crippen LogP contribution < -0.4 is 21.5 Å². The van der Waals surface area contributed by atoms with Crippen molar-refractivity contribution < 1.29 is 23.1 Å². The summed E-state index contributed by atoms with van der Waals surface area (Å²) >= 11 is 6.23. The fraction of sp³-hybridized carbons (Fsp3) is 0.455. The zero-order valence-electron chi connectivity index (χ0n) is 25.7. The first kappa shape index (κ1) is 32.1. The average molecular weight is 655 g/mol. The molecule has 1 aromatic carbocycles. The molecular formula is C33H37ClF2N6O4. The van der Waals surface area contributed by atoms with Crippen molar-refractivity contribution in [3.63, 3.8) is 0 Å². The number of likely N-dealkylation sites (tertiary alicyclic amines) is 1. The Morgan fingerprint density at radius 3 is 2.52 bits per heavy atom. The van der Waals surface area contributed by atoms with Crippen LogP contribution in [0.3, 0.4) is 0 Å². The van der Waals surface area contributed by atoms with E-state index in [1.165, 1.54) is 6.07 Å². The lowest BCUT2D eigenvalue weighted by molar-refractivity contribution is -0.113. The van der Waals surface area contributed by atoms with Crippen molar-refractivity contribution in [2.45, 2.75) is 70.2 Å². The molecule has 3 fully saturated rings. The van der Waals surface area contributed by atoms with Crippen molar-refractivity contribution in [2.75, 3.05) is 36.9 Å². The van der Waals surface area contributed by atoms with E-state index in [-0.39, 0.29) is 45.7 Å². The first-order valence-corrected chi connectivity index (χ1v) is 16.0. The molecule has 13 heteroatoms. The van der Waals surface area contributed by atoms with E-state index in [2.05, 4.69) is 20.9 Å². The molecule has 46 heavy (non-hydrogen) atoms. The summed E-state index contributed by atoms with van der Waals surface area (Å²) in [5.41, 5.74) is 1.51. The summed E-state index contributed by atoms with van der Waals surface area (Å²) in [5, 5.41) is 9.66. The number of nitrogens with zero attached hydrogens (tertiary/aromatic N) is 3. The van der Waals surface area contributed by atoms with Crippen LogP contribution in [0.1, 0.15) is 71.9 Å². The van der Waals surface area contributed by atoms with Gasteiger partial charge in [0, 0.05) is 48.6 Å². The van der Waals surface area contributed by atoms with Crippen LogP contribution in [0.5, 0.6) is 0 Å². The predicted octanol–water partition coefficient (Wildman–Crippen LogP) is 5.33. The van der Waals surface area contributed by atoms with E-state index in [0.29, 0.717) is 30.0 Å². The monoisotopic (exact) mass is 654 g/mol. The maximum absolute atomic E-state index is 13.7. The zero-order chi connectivity index (χ0) is 32.6. The number of benzene rings is 1. The van der Waals surface area contributed by atoms with Crippen LogP contribution in [0, 0.1) is 0 Å². The lowest BCUT2D eigenvalue weighted by atomic mass is 9.97. The highest BCUT2D eigenvalue weighted by molar-refractivity contribution is 6.31. The number of anilines is 2. The standard InChI is InChI=1S/C33H37ClF2N6O4/c1-19(2)38-28-11-21(25-8-5-22(34)13-26(25)31(44)41-17-33(35,36)18-41)12-29(39-28)40-30(43)27-10-20(14-37-15-24-4-3-9-46-24)16-42(32(27)45)23-6-7-23/h5,8,10-13,16,19,23-24,37H,3-4,6-7,9,14-15,17-18H2,1-2H3,(H2,38,39,40,43)/t24-/m0/s1. The Bertz CT molecular complexity index is 1700. The minimum atomic E-state index is -2.92. The highest BCUT2D eigenvalue weighted by Crippen LogP contribution is 2.35. The average Bonchev–Trinajstić information content (AvgIpc) is 3.70. The second-order valence-corrected chi connectivity index (χ2v) is 13.0. The number of pyridine rings is 2. The fourth-order valence-electron chi connectivity index (χ4n) is 5.80. The maximum Gasteiger partial charge on any atom is 0.282 e. The third kappa shape index (κ3) is 7.40. The number of rotatable bonds is 11. The van der Waals surface area contributed by atoms with Crippen molar-refractivity contribution in [1.29, 1.82) is 0 Å². The number of amides is 2. The Morgan fingerprint density at radius 2 is 1.85 bits per heavy atom. The molecule has 0 radical (unpaired) electrons. The molecule has 4 heterocycles. The lowest BCUT2D eigenvalue weighted by Gasteiger charge is -2.39. The second kappa shape index (κ2) is 13.1. The van der Waals surface area contributed by atoms with Gasteiger partial charge in [0.15, 0.2) is 0 Å². The van der Waals surface area contributed by atoms with Crippen LogP contribution >= 0.6 is 11.6 Å². The van der Waals surface area contributed by atoms with Gasteiger partial charge in [-0.15, -0.1) is 0 Å². The number of halogens is 3. The van der Waals surface area contributed by atoms with Crippen molar-refractivity contribution in [3.8, 4) is 11.1 Å². The van der Waals surface area contributed by atoms with Gasteiger partial charge in [0.05, 0.1) is 19.2 Å². The van der Waals surface area contributed by atoms with E-state index in [1.807, 2.05) is 20.0 Å². The number of hydrogen-bond acceptors (Lipinski definition) is 7. The van der Waals surface area contributed by atoms with Gasteiger partial charge in [-0.25, -0.2) is 13.8 Å². The van der Waals surface area contributed by atoms with Gasteiger partial charge in [-0.05, 0) is 86.6 Å². The van der Waals surface area contributed by atoms with Crippen molar-refractivity contribution >= 4 is 35.1 Å². The number of ether oxygens (including phenoxy) is 1. The Balaban J connectivity index is 1.30. The summed E-state index contributed by atoms with van der Waals surface area (Å²) in [6.07, 6.45) is 5.77. The molecule has 1 atom stereocenters. The molecule has 0 unspecified atom stereocenters. The molecule has 2 saturated heterocycles. The second-order valence-electron chi connectivity index (χ2n) is 12.6. The Labute approximate surface area is 270 Å². The van der Waals surface area contributed by atoms with Crippen LogP contribution in [0.2, 0.25) is 5.02 Å². The molecule has 244 valence electrons. The topological polar surface area (TPSA) is 118 Å². The quantitative estimate of drug-likeness (QED) is 0.256. The molecule has 6 rings (SSSR count). The molecule has 3 aromatic rings. The fourth-order valence-corrected chi connectivity index (χ4v) is 5.97. The maximum atomic E-state index is 13.7. The Hall–Kier alpha value is -3.87. The summed E-state index contributed by atoms with van der Waals surface area (Å²) < 4.78 is 34.5. The van der Waals surface area contributed by atoms with Crippen LogP contribution in [0.15, 0.2) is 47.4 Å². The number of alkyl halides is 2. The molecule has 2 amide bonds. The summed E-state index contributed by atoms with van der Waals surface area (Å²) in [7, 11) is 0. The van der Waals surface area contributed by atoms with Gasteiger partial charge in [-0.2, -0.15) is 0 Å². The zero-order valence-corrected chi connectivity index (χ0v) is 26.5. The van der Waals surface area contributed by atoms with Crippen molar-refractivity contribution in [1.82, 2.24) is 19.8 Å². The molecule has 2 aromatic heterocycles. The molecule has 10 nitrogen and oxygen atoms in total. The molecular weight excluding hydrogens is 618 g/mol. The number of hydrogen-bond donors (Lipinski definition) is 3. The van der Waals surface area contributed by atoms with Gasteiger partial charge in [0.2, 0.25) is 0 Å². The van der Waals surface area contributed by atoms with Gasteiger partial charge >= 0.3 is 0 Å². The van der Waals surface area contributed by atoms with E-state index in [0.717, 1.165) is 42.8 Å². The van der Waals surface area contributed by atoms with Gasteiger partial charge in [0.1, 0.15) is 17.2 Å². The van der Waals surface area contributed by atoms with Crippen LogP contribution in [-0.4, -0.2) is 70.6 Å². The highest BCUT2D eigenvalue weighted by atomic mass is 35.5. The van der Waals surface area contributed by atoms with Gasteiger partial charge < -0.3 is 30.2 Å². The molecule has 0 spiro atoms. The van der Waals surface area contributed by atoms with E-state index in [9.17, 15) is 23.2 Å². The Kier molecular flexibility index (Phi) is 9.13. The summed E-state index contributed by atoms with van der Waals surface area (Å²) in [4.78, 5) is 46.0. The first-order chi connectivity index (χ1) is 22.0. The van der Waals surface area contributed by atoms with E-state index in [4.69, 9.17) is 16.3 Å². The molecule has 1 saturated carbocycles. The minimum Gasteiger partial charge on any atom is -0.377 e. The van der Waals surface area contributed by atoms with Crippen molar-refractivity contribution in [2.24, 2.45) is 0 Å². The van der Waals surface area contributed by atoms with Gasteiger partial charge in [-0.3, -0.25) is 14.4 Å². The predicted molar refractivity (Wildman–Crippen MR) is 172 cm³/mol. The number of aromatic nitrogens is 2. The highest BCUT2D eigenvalue weighted by Gasteiger charge is 2.46. The summed E-state index contributed by atoms with van der Waals surface area (Å²) in [6.45, 7) is 4.42. The van der Waals surface area contributed by atoms with E-state index in [1.54, 1.807) is 34.9 Å². The van der Waals surface area contributed by atoms with Crippen LogP contribution in [0.25, 0.3) is 11.1 Å². The molecule has 1 aliphatic carbocycles. The molecule has 2 aliphatic heterocycles. The molecule has 0 bridgehead atoms. The summed E-state index contributed by atoms with van der Waals surface area (Å²) in [6, 6.07) is 9.62. The van der Waals surface area contributed by atoms with E-state index < -0.39 is 30.8 Å². The largest absolute Gasteiger partial charge is 0.377 e. The Morgan fingerprint density at radius 1 is 1.09 bits per heavy atom. The van der Waals surface area contributed by atoms with Crippen LogP contribution in [0.4, 0.5) is 20.4 Å². The van der Waals surface area contributed by atoms with E-state index >= 15 is 0 Å². The molecule has 3 aliphatic rings. The normalized spacial score (nSPS) is 18.8. The number of carbonyl (C=O) groups is 2. The first-order valence-electron chi connectivity index (χ1n) is 15.6. The third-order valence-corrected chi connectivity index (χ3v) is 8.40. The summed E-state index contributed by atoms with van der Waals surface area (Å²) in [5.74, 6) is -3.56. The number of carbonyl (C=O) groups excluding carboxylic acids is 2. The third-order valence-electron chi connectivity index (χ3n) is 8.17. The van der Waals surface area contributed by atoms with Crippen molar-refractivity contribution in [3.05, 3.63) is 74.7 Å². The smallest absolute Gasteiger partial charge is 0.282 e. The SMILES string of the molecule is CC(C)Nc1cc(-c2ccc(Cl)cc2C(=O)N2CC(F)(F)C2)cc(NC(=O)c2cc(CNC[C@@H]3CCCO3)cn(C3CC3)c2=O)n1.